The zero-order valence-corrected chi connectivity index (χ0v) is 9.93. The van der Waals surface area contributed by atoms with Crippen molar-refractivity contribution in [3.8, 4) is 6.07 Å². The number of nitriles is 1. The highest BCUT2D eigenvalue weighted by Gasteiger charge is 2.05. The van der Waals surface area contributed by atoms with Gasteiger partial charge in [0.2, 0.25) is 0 Å². The number of hydrogen-bond acceptors (Lipinski definition) is 4. The van der Waals surface area contributed by atoms with E-state index in [1.807, 2.05) is 11.4 Å². The van der Waals surface area contributed by atoms with Crippen molar-refractivity contribution < 1.29 is 4.74 Å². The van der Waals surface area contributed by atoms with Gasteiger partial charge in [-0.1, -0.05) is 6.92 Å². The van der Waals surface area contributed by atoms with Crippen LogP contribution in [0.2, 0.25) is 0 Å². The Bertz CT molecular complexity index is 330. The fourth-order valence-electron chi connectivity index (χ4n) is 1.30. The lowest BCUT2D eigenvalue weighted by atomic mass is 10.2. The average molecular weight is 224 g/mol. The lowest BCUT2D eigenvalue weighted by Crippen LogP contribution is -2.31. The number of methoxy groups -OCH3 is 1. The number of rotatable bonds is 6. The van der Waals surface area contributed by atoms with Gasteiger partial charge >= 0.3 is 0 Å². The summed E-state index contributed by atoms with van der Waals surface area (Å²) in [6.45, 7) is 3.67. The fourth-order valence-corrected chi connectivity index (χ4v) is 2.06. The van der Waals surface area contributed by atoms with Crippen LogP contribution in [0.3, 0.4) is 0 Å². The van der Waals surface area contributed by atoms with E-state index in [1.165, 1.54) is 4.88 Å². The molecule has 0 fully saturated rings. The van der Waals surface area contributed by atoms with Gasteiger partial charge in [-0.3, -0.25) is 0 Å². The standard InChI is InChI=1S/C11H16N2OS/c1-3-10(7-14-2)13-6-11-4-9(5-12)8-15-11/h4,8,10,13H,3,6-7H2,1-2H3. The van der Waals surface area contributed by atoms with Crippen LogP contribution < -0.4 is 5.32 Å². The number of nitrogens with zero attached hydrogens (tertiary/aromatic N) is 1. The van der Waals surface area contributed by atoms with E-state index in [0.29, 0.717) is 6.04 Å². The first-order valence-corrected chi connectivity index (χ1v) is 5.88. The molecule has 1 aromatic rings. The molecule has 1 atom stereocenters. The molecule has 0 spiro atoms. The van der Waals surface area contributed by atoms with E-state index >= 15 is 0 Å². The molecular weight excluding hydrogens is 208 g/mol. The molecule has 0 bridgehead atoms. The predicted octanol–water partition coefficient (Wildman–Crippen LogP) is 2.13. The summed E-state index contributed by atoms with van der Waals surface area (Å²) in [5, 5.41) is 14.0. The van der Waals surface area contributed by atoms with E-state index < -0.39 is 0 Å². The van der Waals surface area contributed by atoms with Crippen LogP contribution >= 0.6 is 11.3 Å². The fraction of sp³-hybridized carbons (Fsp3) is 0.545. The third-order valence-electron chi connectivity index (χ3n) is 2.21. The number of nitrogens with one attached hydrogen (secondary N) is 1. The smallest absolute Gasteiger partial charge is 0.100 e. The summed E-state index contributed by atoms with van der Waals surface area (Å²) in [5.74, 6) is 0. The second kappa shape index (κ2) is 6.57. The molecule has 0 saturated carbocycles. The van der Waals surface area contributed by atoms with E-state index in [0.717, 1.165) is 25.1 Å². The van der Waals surface area contributed by atoms with Crippen molar-refractivity contribution in [2.45, 2.75) is 25.9 Å². The zero-order chi connectivity index (χ0) is 11.1. The summed E-state index contributed by atoms with van der Waals surface area (Å²) >= 11 is 1.62. The molecular formula is C11H16N2OS. The van der Waals surface area contributed by atoms with Gasteiger partial charge in [0.1, 0.15) is 6.07 Å². The molecule has 3 nitrogen and oxygen atoms in total. The van der Waals surface area contributed by atoms with Crippen LogP contribution in [0.4, 0.5) is 0 Å². The summed E-state index contributed by atoms with van der Waals surface area (Å²) in [4.78, 5) is 1.20. The molecule has 1 aromatic heterocycles. The monoisotopic (exact) mass is 224 g/mol. The maximum Gasteiger partial charge on any atom is 0.100 e. The topological polar surface area (TPSA) is 45.0 Å². The van der Waals surface area contributed by atoms with Crippen molar-refractivity contribution in [1.82, 2.24) is 5.32 Å². The summed E-state index contributed by atoms with van der Waals surface area (Å²) in [7, 11) is 1.71. The lowest BCUT2D eigenvalue weighted by Gasteiger charge is -2.14. The molecule has 1 N–H and O–H groups in total. The van der Waals surface area contributed by atoms with Crippen molar-refractivity contribution >= 4 is 11.3 Å². The third kappa shape index (κ3) is 4.00. The largest absolute Gasteiger partial charge is 0.383 e. The van der Waals surface area contributed by atoms with Crippen molar-refractivity contribution in [2.75, 3.05) is 13.7 Å². The average Bonchev–Trinajstić information content (AvgIpc) is 2.72. The minimum atomic E-state index is 0.391. The van der Waals surface area contributed by atoms with Gasteiger partial charge < -0.3 is 10.1 Å². The summed E-state index contributed by atoms with van der Waals surface area (Å²) in [6.07, 6.45) is 1.05. The van der Waals surface area contributed by atoms with E-state index in [4.69, 9.17) is 10.00 Å². The summed E-state index contributed by atoms with van der Waals surface area (Å²) < 4.78 is 5.10. The van der Waals surface area contributed by atoms with Gasteiger partial charge in [0.15, 0.2) is 0 Å². The molecule has 15 heavy (non-hydrogen) atoms. The Balaban J connectivity index is 2.38. The summed E-state index contributed by atoms with van der Waals surface area (Å²) in [6, 6.07) is 4.45. The second-order valence-corrected chi connectivity index (χ2v) is 4.35. The first-order valence-electron chi connectivity index (χ1n) is 5.00. The Morgan fingerprint density at radius 2 is 2.47 bits per heavy atom. The number of thiophene rings is 1. The highest BCUT2D eigenvalue weighted by atomic mass is 32.1. The van der Waals surface area contributed by atoms with Gasteiger partial charge in [-0.05, 0) is 12.5 Å². The van der Waals surface area contributed by atoms with Crippen molar-refractivity contribution in [2.24, 2.45) is 0 Å². The molecule has 1 rings (SSSR count). The highest BCUT2D eigenvalue weighted by molar-refractivity contribution is 7.10. The van der Waals surface area contributed by atoms with Gasteiger partial charge in [0.05, 0.1) is 12.2 Å². The maximum atomic E-state index is 8.67. The highest BCUT2D eigenvalue weighted by Crippen LogP contribution is 2.13. The zero-order valence-electron chi connectivity index (χ0n) is 9.12. The molecule has 0 aromatic carbocycles. The van der Waals surface area contributed by atoms with Crippen LogP contribution in [0.5, 0.6) is 0 Å². The van der Waals surface area contributed by atoms with Crippen LogP contribution in [0.1, 0.15) is 23.8 Å². The van der Waals surface area contributed by atoms with Gasteiger partial charge in [0, 0.05) is 30.0 Å². The van der Waals surface area contributed by atoms with Crippen LogP contribution in [-0.2, 0) is 11.3 Å². The predicted molar refractivity (Wildman–Crippen MR) is 61.8 cm³/mol. The first kappa shape index (κ1) is 12.2. The Hall–Kier alpha value is -0.890. The van der Waals surface area contributed by atoms with E-state index in [1.54, 1.807) is 18.4 Å². The molecule has 0 radical (unpaired) electrons. The van der Waals surface area contributed by atoms with Crippen LogP contribution in [0.15, 0.2) is 11.4 Å². The Kier molecular flexibility index (Phi) is 5.33. The Labute approximate surface area is 94.7 Å². The first-order chi connectivity index (χ1) is 7.30. The molecule has 0 aliphatic carbocycles. The molecule has 82 valence electrons. The molecule has 1 heterocycles. The Morgan fingerprint density at radius 3 is 3.00 bits per heavy atom. The normalized spacial score (nSPS) is 12.3. The SMILES string of the molecule is CCC(COC)NCc1cc(C#N)cs1. The van der Waals surface area contributed by atoms with Crippen molar-refractivity contribution in [3.05, 3.63) is 21.9 Å². The van der Waals surface area contributed by atoms with E-state index in [2.05, 4.69) is 18.3 Å². The van der Waals surface area contributed by atoms with Crippen molar-refractivity contribution in [3.63, 3.8) is 0 Å². The number of ether oxygens (including phenoxy) is 1. The van der Waals surface area contributed by atoms with Gasteiger partial charge in [-0.2, -0.15) is 5.26 Å². The molecule has 4 heteroatoms. The maximum absolute atomic E-state index is 8.67. The quantitative estimate of drug-likeness (QED) is 0.805. The van der Waals surface area contributed by atoms with Crippen LogP contribution in [-0.4, -0.2) is 19.8 Å². The van der Waals surface area contributed by atoms with Crippen molar-refractivity contribution in [1.29, 1.82) is 5.26 Å². The molecule has 0 saturated heterocycles. The molecule has 0 amide bonds. The Morgan fingerprint density at radius 1 is 1.67 bits per heavy atom. The summed E-state index contributed by atoms with van der Waals surface area (Å²) in [5.41, 5.74) is 0.747. The minimum Gasteiger partial charge on any atom is -0.383 e. The minimum absolute atomic E-state index is 0.391. The second-order valence-electron chi connectivity index (χ2n) is 3.35. The van der Waals surface area contributed by atoms with Crippen LogP contribution in [0, 0.1) is 11.3 Å². The van der Waals surface area contributed by atoms with Gasteiger partial charge in [-0.15, -0.1) is 11.3 Å². The van der Waals surface area contributed by atoms with E-state index in [-0.39, 0.29) is 0 Å². The lowest BCUT2D eigenvalue weighted by molar-refractivity contribution is 0.164. The van der Waals surface area contributed by atoms with Crippen LogP contribution in [0.25, 0.3) is 0 Å². The van der Waals surface area contributed by atoms with Gasteiger partial charge in [-0.25, -0.2) is 0 Å². The number of hydrogen-bond donors (Lipinski definition) is 1. The van der Waals surface area contributed by atoms with Gasteiger partial charge in [0.25, 0.3) is 0 Å². The third-order valence-corrected chi connectivity index (χ3v) is 3.15. The molecule has 0 aliphatic heterocycles. The van der Waals surface area contributed by atoms with E-state index in [9.17, 15) is 0 Å². The molecule has 0 aliphatic rings. The molecule has 1 unspecified atom stereocenters.